The maximum absolute atomic E-state index is 13.9. The SMILES string of the molecule is COC(=O)CCCCOc1cc(-c2nc(C(=O)N3CCN(C(=O)OC)C(C)C3)c([C@H](C)NC(=O)OC(C)(C)C)o2)ccc1OC(F)F. The minimum absolute atomic E-state index is 0.0251. The fraction of sp³-hybridized carbons (Fsp3) is 0.581. The van der Waals surface area contributed by atoms with Gasteiger partial charge in [-0.25, -0.2) is 14.6 Å². The van der Waals surface area contributed by atoms with E-state index in [0.29, 0.717) is 12.8 Å². The number of unbranched alkanes of at least 4 members (excludes halogenated alkanes) is 1. The molecular weight excluding hydrogens is 626 g/mol. The number of benzene rings is 1. The number of ether oxygens (including phenoxy) is 5. The largest absolute Gasteiger partial charge is 0.490 e. The van der Waals surface area contributed by atoms with Gasteiger partial charge in [-0.15, -0.1) is 0 Å². The lowest BCUT2D eigenvalue weighted by Crippen LogP contribution is -2.55. The molecule has 1 aliphatic rings. The van der Waals surface area contributed by atoms with Gasteiger partial charge < -0.3 is 43.2 Å². The van der Waals surface area contributed by atoms with Crippen LogP contribution >= 0.6 is 0 Å². The van der Waals surface area contributed by atoms with E-state index in [9.17, 15) is 28.0 Å². The molecule has 1 aromatic carbocycles. The van der Waals surface area contributed by atoms with Crippen molar-refractivity contribution in [1.29, 1.82) is 0 Å². The Morgan fingerprint density at radius 2 is 1.81 bits per heavy atom. The van der Waals surface area contributed by atoms with Crippen molar-refractivity contribution in [1.82, 2.24) is 20.1 Å². The van der Waals surface area contributed by atoms with Crippen LogP contribution in [0.5, 0.6) is 11.5 Å². The van der Waals surface area contributed by atoms with Crippen LogP contribution in [0.25, 0.3) is 11.5 Å². The maximum atomic E-state index is 13.9. The number of alkyl halides is 2. The Hall–Kier alpha value is -4.63. The van der Waals surface area contributed by atoms with E-state index in [1.165, 1.54) is 42.2 Å². The lowest BCUT2D eigenvalue weighted by molar-refractivity contribution is -0.140. The Morgan fingerprint density at radius 3 is 2.43 bits per heavy atom. The molecule has 1 aromatic heterocycles. The summed E-state index contributed by atoms with van der Waals surface area (Å²) in [6, 6.07) is 2.81. The molecule has 0 saturated carbocycles. The van der Waals surface area contributed by atoms with Gasteiger partial charge in [0.1, 0.15) is 5.60 Å². The quantitative estimate of drug-likeness (QED) is 0.181. The van der Waals surface area contributed by atoms with Crippen LogP contribution in [0.3, 0.4) is 0 Å². The van der Waals surface area contributed by atoms with Crippen LogP contribution in [0.2, 0.25) is 0 Å². The van der Waals surface area contributed by atoms with Crippen molar-refractivity contribution in [2.45, 2.75) is 78.2 Å². The molecule has 2 atom stereocenters. The lowest BCUT2D eigenvalue weighted by Gasteiger charge is -2.38. The number of hydrogen-bond donors (Lipinski definition) is 1. The van der Waals surface area contributed by atoms with Gasteiger partial charge >= 0.3 is 24.8 Å². The van der Waals surface area contributed by atoms with E-state index in [-0.39, 0.29) is 79.1 Å². The Bertz CT molecular complexity index is 1410. The molecular formula is C31H42F2N4O10. The van der Waals surface area contributed by atoms with Gasteiger partial charge in [0, 0.05) is 37.7 Å². The van der Waals surface area contributed by atoms with Gasteiger partial charge in [-0.3, -0.25) is 9.59 Å². The zero-order valence-electron chi connectivity index (χ0n) is 27.6. The molecule has 1 unspecified atom stereocenters. The highest BCUT2D eigenvalue weighted by atomic mass is 19.3. The fourth-order valence-electron chi connectivity index (χ4n) is 4.74. The number of carbonyl (C=O) groups is 4. The third-order valence-corrected chi connectivity index (χ3v) is 6.97. The summed E-state index contributed by atoms with van der Waals surface area (Å²) < 4.78 is 57.5. The summed E-state index contributed by atoms with van der Waals surface area (Å²) in [4.78, 5) is 57.4. The molecule has 0 spiro atoms. The lowest BCUT2D eigenvalue weighted by atomic mass is 10.1. The van der Waals surface area contributed by atoms with E-state index in [1.54, 1.807) is 34.6 Å². The fourth-order valence-corrected chi connectivity index (χ4v) is 4.74. The van der Waals surface area contributed by atoms with Crippen LogP contribution in [-0.2, 0) is 19.0 Å². The van der Waals surface area contributed by atoms with Gasteiger partial charge in [-0.05, 0) is 65.7 Å². The van der Waals surface area contributed by atoms with Gasteiger partial charge in [-0.1, -0.05) is 0 Å². The number of methoxy groups -OCH3 is 2. The van der Waals surface area contributed by atoms with Crippen molar-refractivity contribution >= 4 is 24.1 Å². The number of oxazole rings is 1. The average molecular weight is 669 g/mol. The second kappa shape index (κ2) is 16.3. The van der Waals surface area contributed by atoms with E-state index < -0.39 is 36.3 Å². The smallest absolute Gasteiger partial charge is 0.409 e. The summed E-state index contributed by atoms with van der Waals surface area (Å²) in [6.45, 7) is 6.00. The predicted octanol–water partition coefficient (Wildman–Crippen LogP) is 5.16. The zero-order chi connectivity index (χ0) is 34.9. The van der Waals surface area contributed by atoms with Gasteiger partial charge in [0.2, 0.25) is 5.89 Å². The molecule has 0 radical (unpaired) electrons. The first kappa shape index (κ1) is 36.8. The molecule has 14 nitrogen and oxygen atoms in total. The van der Waals surface area contributed by atoms with Crippen LogP contribution in [0.1, 0.15) is 76.2 Å². The first-order valence-electron chi connectivity index (χ1n) is 15.1. The van der Waals surface area contributed by atoms with Gasteiger partial charge in [0.15, 0.2) is 23.0 Å². The molecule has 1 aliphatic heterocycles. The number of nitrogens with zero attached hydrogens (tertiary/aromatic N) is 3. The summed E-state index contributed by atoms with van der Waals surface area (Å²) in [5, 5.41) is 2.65. The third-order valence-electron chi connectivity index (χ3n) is 6.97. The summed E-state index contributed by atoms with van der Waals surface area (Å²) >= 11 is 0. The number of halogens is 2. The van der Waals surface area contributed by atoms with Gasteiger partial charge in [-0.2, -0.15) is 8.78 Å². The van der Waals surface area contributed by atoms with Crippen molar-refractivity contribution in [3.05, 3.63) is 29.7 Å². The molecule has 16 heteroatoms. The summed E-state index contributed by atoms with van der Waals surface area (Å²) in [5.41, 5.74) is -0.618. The van der Waals surface area contributed by atoms with E-state index in [0.717, 1.165) is 0 Å². The van der Waals surface area contributed by atoms with Crippen LogP contribution in [0.15, 0.2) is 22.6 Å². The first-order chi connectivity index (χ1) is 22.1. The van der Waals surface area contributed by atoms with E-state index in [4.69, 9.17) is 18.6 Å². The number of esters is 1. The van der Waals surface area contributed by atoms with Crippen molar-refractivity contribution in [2.75, 3.05) is 40.5 Å². The molecule has 47 heavy (non-hydrogen) atoms. The minimum atomic E-state index is -3.12. The van der Waals surface area contributed by atoms with Crippen LogP contribution < -0.4 is 14.8 Å². The second-order valence-corrected chi connectivity index (χ2v) is 11.8. The van der Waals surface area contributed by atoms with Crippen molar-refractivity contribution in [3.8, 4) is 23.0 Å². The number of hydrogen-bond acceptors (Lipinski definition) is 11. The predicted molar refractivity (Wildman–Crippen MR) is 162 cm³/mol. The first-order valence-corrected chi connectivity index (χ1v) is 15.1. The monoisotopic (exact) mass is 668 g/mol. The van der Waals surface area contributed by atoms with Crippen LogP contribution in [0.4, 0.5) is 18.4 Å². The normalized spacial score (nSPS) is 15.6. The van der Waals surface area contributed by atoms with Gasteiger partial charge in [0.25, 0.3) is 5.91 Å². The Kier molecular flexibility index (Phi) is 12.8. The highest BCUT2D eigenvalue weighted by molar-refractivity contribution is 5.94. The van der Waals surface area contributed by atoms with Gasteiger partial charge in [0.05, 0.1) is 26.9 Å². The van der Waals surface area contributed by atoms with Crippen LogP contribution in [-0.4, -0.2) is 97.6 Å². The van der Waals surface area contributed by atoms with Crippen molar-refractivity contribution < 1.29 is 56.1 Å². The average Bonchev–Trinajstić information content (AvgIpc) is 3.45. The standard InChI is InChI=1S/C31H42F2N4O10/c1-18-17-36(13-14-37(18)30(41)43-7)27(39)24-25(19(2)34-29(40)47-31(3,4)5)46-26(35-24)20-11-12-21(45-28(32)33)22(16-20)44-15-9-8-10-23(38)42-6/h11-12,16,18-19,28H,8-10,13-15,17H2,1-7H3,(H,34,40)/t18?,19-/m0/s1. The molecule has 1 fully saturated rings. The molecule has 2 aromatic rings. The molecule has 260 valence electrons. The van der Waals surface area contributed by atoms with Crippen molar-refractivity contribution in [2.24, 2.45) is 0 Å². The van der Waals surface area contributed by atoms with E-state index >= 15 is 0 Å². The number of carbonyl (C=O) groups excluding carboxylic acids is 4. The minimum Gasteiger partial charge on any atom is -0.490 e. The summed E-state index contributed by atoms with van der Waals surface area (Å²) in [7, 11) is 2.56. The highest BCUT2D eigenvalue weighted by Crippen LogP contribution is 2.35. The molecule has 1 saturated heterocycles. The third kappa shape index (κ3) is 10.4. The highest BCUT2D eigenvalue weighted by Gasteiger charge is 2.35. The van der Waals surface area contributed by atoms with Crippen molar-refractivity contribution in [3.63, 3.8) is 0 Å². The van der Waals surface area contributed by atoms with E-state index in [2.05, 4.69) is 19.8 Å². The summed E-state index contributed by atoms with van der Waals surface area (Å²) in [5.74, 6) is -1.20. The number of piperazine rings is 1. The number of alkyl carbamates (subject to hydrolysis) is 1. The topological polar surface area (TPSA) is 159 Å². The molecule has 1 N–H and O–H groups in total. The van der Waals surface area contributed by atoms with E-state index in [1.807, 2.05) is 0 Å². The molecule has 3 amide bonds. The molecule has 3 rings (SSSR count). The Labute approximate surface area is 271 Å². The molecule has 0 bridgehead atoms. The second-order valence-electron chi connectivity index (χ2n) is 11.8. The van der Waals surface area contributed by atoms with Crippen LogP contribution in [0, 0.1) is 0 Å². The number of nitrogens with one attached hydrogen (secondary N) is 1. The Morgan fingerprint density at radius 1 is 1.09 bits per heavy atom. The Balaban J connectivity index is 1.94. The molecule has 2 heterocycles. The number of amides is 3. The zero-order valence-corrected chi connectivity index (χ0v) is 27.6. The maximum Gasteiger partial charge on any atom is 0.409 e. The number of aromatic nitrogens is 1. The number of rotatable bonds is 12. The summed E-state index contributed by atoms with van der Waals surface area (Å²) in [6.07, 6.45) is -0.225. The molecule has 0 aliphatic carbocycles.